The van der Waals surface area contributed by atoms with Crippen LogP contribution in [0.15, 0.2) is 0 Å². The Kier molecular flexibility index (Phi) is 9.06. The minimum Gasteiger partial charge on any atom is -0.480 e. The van der Waals surface area contributed by atoms with Crippen molar-refractivity contribution < 1.29 is 14.7 Å². The number of carboxylic acids is 1. The number of aliphatic carboxylic acids is 1. The van der Waals surface area contributed by atoms with Gasteiger partial charge in [0.2, 0.25) is 5.91 Å². The monoisotopic (exact) mass is 266 g/mol. The van der Waals surface area contributed by atoms with Crippen LogP contribution in [0.5, 0.6) is 0 Å². The molecule has 5 nitrogen and oxygen atoms in total. The van der Waals surface area contributed by atoms with Crippen molar-refractivity contribution in [1.82, 2.24) is 5.32 Å². The maximum Gasteiger partial charge on any atom is 0.326 e. The van der Waals surface area contributed by atoms with Crippen molar-refractivity contribution in [3.63, 3.8) is 0 Å². The third-order valence-electron chi connectivity index (χ3n) is 2.29. The summed E-state index contributed by atoms with van der Waals surface area (Å²) in [6.07, 6.45) is 0.552. The highest BCUT2D eigenvalue weighted by Crippen LogP contribution is 2.05. The number of carboxylic acid groups (broad SMARTS) is 1. The molecule has 2 atom stereocenters. The molecular formula is C11H23ClN2O3. The summed E-state index contributed by atoms with van der Waals surface area (Å²) in [6.45, 7) is 7.41. The number of carbonyl (C=O) groups excluding carboxylic acids is 1. The van der Waals surface area contributed by atoms with Crippen LogP contribution in [0.4, 0.5) is 0 Å². The third kappa shape index (κ3) is 7.18. The van der Waals surface area contributed by atoms with Gasteiger partial charge in [0, 0.05) is 0 Å². The zero-order valence-corrected chi connectivity index (χ0v) is 11.6. The molecule has 0 unspecified atom stereocenters. The molecule has 0 bridgehead atoms. The summed E-state index contributed by atoms with van der Waals surface area (Å²) in [5.41, 5.74) is 5.66. The Balaban J connectivity index is 0. The predicted molar refractivity (Wildman–Crippen MR) is 69.1 cm³/mol. The van der Waals surface area contributed by atoms with E-state index in [1.54, 1.807) is 13.8 Å². The van der Waals surface area contributed by atoms with E-state index in [0.29, 0.717) is 12.3 Å². The van der Waals surface area contributed by atoms with Crippen molar-refractivity contribution in [2.75, 3.05) is 0 Å². The Morgan fingerprint density at radius 3 is 2.00 bits per heavy atom. The van der Waals surface area contributed by atoms with Gasteiger partial charge >= 0.3 is 5.97 Å². The number of hydrogen-bond acceptors (Lipinski definition) is 3. The van der Waals surface area contributed by atoms with Crippen LogP contribution < -0.4 is 11.1 Å². The van der Waals surface area contributed by atoms with Crippen molar-refractivity contribution in [3.05, 3.63) is 0 Å². The van der Waals surface area contributed by atoms with Crippen LogP contribution in [0.25, 0.3) is 0 Å². The molecule has 0 spiro atoms. The van der Waals surface area contributed by atoms with Gasteiger partial charge in [0.1, 0.15) is 6.04 Å². The molecular weight excluding hydrogens is 244 g/mol. The molecule has 0 radical (unpaired) electrons. The number of nitrogens with two attached hydrogens (primary N) is 1. The zero-order chi connectivity index (χ0) is 12.9. The van der Waals surface area contributed by atoms with Crippen molar-refractivity contribution in [2.24, 2.45) is 17.6 Å². The van der Waals surface area contributed by atoms with E-state index < -0.39 is 24.0 Å². The average Bonchev–Trinajstić information content (AvgIpc) is 2.11. The van der Waals surface area contributed by atoms with Gasteiger partial charge in [0.05, 0.1) is 6.04 Å². The first kappa shape index (κ1) is 18.6. The largest absolute Gasteiger partial charge is 0.480 e. The minimum atomic E-state index is -1.03. The molecule has 0 rings (SSSR count). The van der Waals surface area contributed by atoms with E-state index >= 15 is 0 Å². The zero-order valence-electron chi connectivity index (χ0n) is 10.8. The highest BCUT2D eigenvalue weighted by atomic mass is 35.5. The van der Waals surface area contributed by atoms with E-state index in [4.69, 9.17) is 10.8 Å². The Morgan fingerprint density at radius 1 is 1.24 bits per heavy atom. The van der Waals surface area contributed by atoms with E-state index in [2.05, 4.69) is 5.32 Å². The number of nitrogens with one attached hydrogen (secondary N) is 1. The van der Waals surface area contributed by atoms with E-state index in [1.807, 2.05) is 13.8 Å². The highest BCUT2D eigenvalue weighted by Gasteiger charge is 2.25. The fourth-order valence-corrected chi connectivity index (χ4v) is 1.39. The van der Waals surface area contributed by atoms with Gasteiger partial charge in [-0.3, -0.25) is 4.79 Å². The number of halogens is 1. The molecule has 0 aromatic heterocycles. The second-order valence-corrected chi connectivity index (χ2v) is 4.80. The fourth-order valence-electron chi connectivity index (χ4n) is 1.39. The van der Waals surface area contributed by atoms with Crippen molar-refractivity contribution in [3.8, 4) is 0 Å². The Bertz CT molecular complexity index is 257. The second kappa shape index (κ2) is 8.31. The van der Waals surface area contributed by atoms with E-state index in [1.165, 1.54) is 0 Å². The van der Waals surface area contributed by atoms with Gasteiger partial charge in [-0.25, -0.2) is 4.79 Å². The molecule has 6 heteroatoms. The first-order chi connectivity index (χ1) is 7.25. The molecule has 1 amide bonds. The topological polar surface area (TPSA) is 92.4 Å². The molecule has 102 valence electrons. The van der Waals surface area contributed by atoms with Gasteiger partial charge in [-0.05, 0) is 18.3 Å². The summed E-state index contributed by atoms with van der Waals surface area (Å²) in [7, 11) is 0. The lowest BCUT2D eigenvalue weighted by molar-refractivity contribution is -0.143. The maximum absolute atomic E-state index is 11.6. The maximum atomic E-state index is 11.6. The molecule has 0 saturated heterocycles. The van der Waals surface area contributed by atoms with Crippen LogP contribution in [0, 0.1) is 11.8 Å². The normalized spacial score (nSPS) is 14.1. The van der Waals surface area contributed by atoms with Crippen LogP contribution in [-0.4, -0.2) is 29.1 Å². The molecule has 0 heterocycles. The quantitative estimate of drug-likeness (QED) is 0.669. The van der Waals surface area contributed by atoms with Gasteiger partial charge in [-0.2, -0.15) is 0 Å². The first-order valence-electron chi connectivity index (χ1n) is 5.54. The van der Waals surface area contributed by atoms with E-state index in [0.717, 1.165) is 0 Å². The Labute approximate surface area is 109 Å². The molecule has 0 aliphatic heterocycles. The summed E-state index contributed by atoms with van der Waals surface area (Å²) < 4.78 is 0. The predicted octanol–water partition coefficient (Wildman–Crippen LogP) is 1.01. The lowest BCUT2D eigenvalue weighted by Gasteiger charge is -2.21. The molecule has 0 aliphatic rings. The van der Waals surface area contributed by atoms with Crippen molar-refractivity contribution >= 4 is 24.3 Å². The number of hydrogen-bond donors (Lipinski definition) is 3. The smallest absolute Gasteiger partial charge is 0.326 e. The number of carbonyl (C=O) groups is 2. The van der Waals surface area contributed by atoms with Gasteiger partial charge in [-0.1, -0.05) is 27.7 Å². The van der Waals surface area contributed by atoms with Crippen LogP contribution in [-0.2, 0) is 9.59 Å². The number of amides is 1. The Hall–Kier alpha value is -0.810. The average molecular weight is 267 g/mol. The molecule has 0 aromatic carbocycles. The van der Waals surface area contributed by atoms with Gasteiger partial charge in [-0.15, -0.1) is 12.4 Å². The summed E-state index contributed by atoms with van der Waals surface area (Å²) in [5, 5.41) is 11.4. The van der Waals surface area contributed by atoms with Crippen LogP contribution in [0.2, 0.25) is 0 Å². The summed E-state index contributed by atoms with van der Waals surface area (Å²) in [5.74, 6) is -1.27. The summed E-state index contributed by atoms with van der Waals surface area (Å²) in [6, 6.07) is -1.51. The minimum absolute atomic E-state index is 0. The second-order valence-electron chi connectivity index (χ2n) is 4.80. The SMILES string of the molecule is CC(C)C[C@H](N)C(=O)N[C@H](C(=O)O)C(C)C.Cl. The van der Waals surface area contributed by atoms with Gasteiger partial charge in [0.15, 0.2) is 0 Å². The van der Waals surface area contributed by atoms with Crippen LogP contribution in [0.1, 0.15) is 34.1 Å². The molecule has 0 aromatic rings. The van der Waals surface area contributed by atoms with Crippen molar-refractivity contribution in [1.29, 1.82) is 0 Å². The molecule has 0 saturated carbocycles. The molecule has 17 heavy (non-hydrogen) atoms. The molecule has 0 aliphatic carbocycles. The molecule has 0 fully saturated rings. The van der Waals surface area contributed by atoms with Gasteiger partial charge < -0.3 is 16.2 Å². The van der Waals surface area contributed by atoms with E-state index in [-0.39, 0.29) is 18.3 Å². The van der Waals surface area contributed by atoms with Gasteiger partial charge in [0.25, 0.3) is 0 Å². The summed E-state index contributed by atoms with van der Waals surface area (Å²) >= 11 is 0. The fraction of sp³-hybridized carbons (Fsp3) is 0.818. The summed E-state index contributed by atoms with van der Waals surface area (Å²) in [4.78, 5) is 22.5. The standard InChI is InChI=1S/C11H22N2O3.ClH/c1-6(2)5-8(12)10(14)13-9(7(3)4)11(15)16;/h6-9H,5,12H2,1-4H3,(H,13,14)(H,15,16);1H/t8-,9-;/m0./s1. The third-order valence-corrected chi connectivity index (χ3v) is 2.29. The highest BCUT2D eigenvalue weighted by molar-refractivity contribution is 5.86. The van der Waals surface area contributed by atoms with Crippen LogP contribution >= 0.6 is 12.4 Å². The van der Waals surface area contributed by atoms with Crippen LogP contribution in [0.3, 0.4) is 0 Å². The number of rotatable bonds is 6. The lowest BCUT2D eigenvalue weighted by Crippen LogP contribution is -2.50. The van der Waals surface area contributed by atoms with Crippen molar-refractivity contribution in [2.45, 2.75) is 46.2 Å². The molecule has 4 N–H and O–H groups in total. The lowest BCUT2D eigenvalue weighted by atomic mass is 10.0. The Morgan fingerprint density at radius 2 is 1.71 bits per heavy atom. The van der Waals surface area contributed by atoms with E-state index in [9.17, 15) is 9.59 Å². The first-order valence-corrected chi connectivity index (χ1v) is 5.54.